The maximum absolute atomic E-state index is 9.32. The van der Waals surface area contributed by atoms with Crippen molar-refractivity contribution in [1.29, 1.82) is 0 Å². The van der Waals surface area contributed by atoms with E-state index in [1.807, 2.05) is 52.8 Å². The van der Waals surface area contributed by atoms with Crippen molar-refractivity contribution in [3.63, 3.8) is 0 Å². The average Bonchev–Trinajstić information content (AvgIpc) is 2.72. The summed E-state index contributed by atoms with van der Waals surface area (Å²) in [5.41, 5.74) is 5.57. The highest BCUT2D eigenvalue weighted by molar-refractivity contribution is 6.54. The molecule has 124 valence electrons. The number of aliphatic hydroxyl groups excluding tert-OH is 1. The fourth-order valence-corrected chi connectivity index (χ4v) is 2.46. The second-order valence-electron chi connectivity index (χ2n) is 7.16. The van der Waals surface area contributed by atoms with Gasteiger partial charge in [0.05, 0.1) is 17.8 Å². The molecule has 1 aliphatic rings. The summed E-state index contributed by atoms with van der Waals surface area (Å²) >= 11 is 0. The highest BCUT2D eigenvalue weighted by Crippen LogP contribution is 2.39. The van der Waals surface area contributed by atoms with Crippen LogP contribution in [-0.2, 0) is 15.7 Å². The topological polar surface area (TPSA) is 38.7 Å². The molecule has 0 saturated carbocycles. The lowest BCUT2D eigenvalue weighted by Gasteiger charge is -2.32. The van der Waals surface area contributed by atoms with Gasteiger partial charge in [-0.05, 0) is 58.6 Å². The minimum Gasteiger partial charge on any atom is -0.399 e. The molecule has 1 aromatic carbocycles. The van der Waals surface area contributed by atoms with Crippen LogP contribution in [0.2, 0.25) is 0 Å². The van der Waals surface area contributed by atoms with Gasteiger partial charge < -0.3 is 14.4 Å². The minimum atomic E-state index is -0.412. The van der Waals surface area contributed by atoms with Crippen LogP contribution in [0, 0.1) is 0 Å². The zero-order valence-corrected chi connectivity index (χ0v) is 14.8. The number of aryl methyl sites for hydroxylation is 1. The van der Waals surface area contributed by atoms with Gasteiger partial charge in [-0.15, -0.1) is 5.73 Å². The number of hydrogen-bond donors (Lipinski definition) is 1. The Morgan fingerprint density at radius 1 is 1.09 bits per heavy atom. The highest BCUT2D eigenvalue weighted by atomic mass is 16.7. The summed E-state index contributed by atoms with van der Waals surface area (Å²) in [6.45, 7) is 10.0. The van der Waals surface area contributed by atoms with Crippen molar-refractivity contribution >= 4 is 7.12 Å². The minimum absolute atomic E-state index is 0.00561. The van der Waals surface area contributed by atoms with Crippen molar-refractivity contribution in [2.75, 3.05) is 6.61 Å². The summed E-state index contributed by atoms with van der Waals surface area (Å²) in [6.07, 6.45) is 1.68. The Bertz CT molecular complexity index is 582. The average molecular weight is 314 g/mol. The van der Waals surface area contributed by atoms with E-state index in [0.29, 0.717) is 0 Å². The number of benzene rings is 1. The molecule has 1 saturated heterocycles. The third-order valence-corrected chi connectivity index (χ3v) is 4.67. The Hall–Kier alpha value is -1.32. The van der Waals surface area contributed by atoms with Crippen LogP contribution >= 0.6 is 0 Å². The van der Waals surface area contributed by atoms with Crippen LogP contribution in [0.4, 0.5) is 0 Å². The van der Waals surface area contributed by atoms with Crippen LogP contribution in [0.15, 0.2) is 47.1 Å². The molecule has 1 aliphatic heterocycles. The summed E-state index contributed by atoms with van der Waals surface area (Å²) in [5.74, 6) is 0. The van der Waals surface area contributed by atoms with Crippen molar-refractivity contribution in [1.82, 2.24) is 0 Å². The van der Waals surface area contributed by atoms with E-state index in [1.54, 1.807) is 0 Å². The van der Waals surface area contributed by atoms with Crippen molar-refractivity contribution in [2.45, 2.75) is 58.7 Å². The van der Waals surface area contributed by atoms with Crippen LogP contribution in [-0.4, -0.2) is 30.0 Å². The number of hydrogen-bond acceptors (Lipinski definition) is 3. The maximum Gasteiger partial charge on any atom is 0.498 e. The summed E-state index contributed by atoms with van der Waals surface area (Å²) in [6, 6.07) is 10.3. The number of rotatable bonds is 5. The zero-order valence-electron chi connectivity index (χ0n) is 14.8. The normalized spacial score (nSPS) is 18.6. The quantitative estimate of drug-likeness (QED) is 0.665. The van der Waals surface area contributed by atoms with E-state index < -0.39 is 7.12 Å². The predicted octanol–water partition coefficient (Wildman–Crippen LogP) is 3.71. The molecule has 1 fully saturated rings. The molecule has 23 heavy (non-hydrogen) atoms. The van der Waals surface area contributed by atoms with E-state index in [2.05, 4.69) is 17.9 Å². The van der Waals surface area contributed by atoms with Crippen LogP contribution in [0.1, 0.15) is 46.6 Å². The van der Waals surface area contributed by atoms with E-state index in [4.69, 9.17) is 9.31 Å². The van der Waals surface area contributed by atoms with Gasteiger partial charge in [0.1, 0.15) is 0 Å². The lowest BCUT2D eigenvalue weighted by Crippen LogP contribution is -2.41. The van der Waals surface area contributed by atoms with Gasteiger partial charge >= 0.3 is 7.12 Å². The van der Waals surface area contributed by atoms with Gasteiger partial charge in [0.25, 0.3) is 0 Å². The summed E-state index contributed by atoms with van der Waals surface area (Å²) < 4.78 is 12.3. The first kappa shape index (κ1) is 18.0. The fourth-order valence-electron chi connectivity index (χ4n) is 2.46. The third kappa shape index (κ3) is 4.36. The Morgan fingerprint density at radius 2 is 1.65 bits per heavy atom. The summed E-state index contributed by atoms with van der Waals surface area (Å²) in [5, 5.41) is 9.32. The highest BCUT2D eigenvalue weighted by Gasteiger charge is 2.52. The molecule has 4 heteroatoms. The van der Waals surface area contributed by atoms with Crippen molar-refractivity contribution in [3.05, 3.63) is 52.7 Å². The van der Waals surface area contributed by atoms with E-state index in [9.17, 15) is 5.11 Å². The van der Waals surface area contributed by atoms with Gasteiger partial charge in [0.15, 0.2) is 0 Å². The van der Waals surface area contributed by atoms with Crippen LogP contribution in [0.25, 0.3) is 0 Å². The van der Waals surface area contributed by atoms with Crippen molar-refractivity contribution in [2.24, 2.45) is 0 Å². The SMILES string of the molecule is CC(=C=C(CCc1ccccc1)B1OC(C)(C)C(C)(C)O1)CO. The molecule has 0 unspecified atom stereocenters. The Kier molecular flexibility index (Phi) is 5.54. The second kappa shape index (κ2) is 7.06. The zero-order chi connectivity index (χ0) is 17.1. The molecular weight excluding hydrogens is 287 g/mol. The Morgan fingerprint density at radius 3 is 2.17 bits per heavy atom. The van der Waals surface area contributed by atoms with Gasteiger partial charge in [-0.3, -0.25) is 0 Å². The first-order valence-electron chi connectivity index (χ1n) is 8.21. The van der Waals surface area contributed by atoms with Gasteiger partial charge in [-0.1, -0.05) is 30.3 Å². The van der Waals surface area contributed by atoms with Gasteiger partial charge in [-0.2, -0.15) is 0 Å². The van der Waals surface area contributed by atoms with Crippen LogP contribution in [0.3, 0.4) is 0 Å². The van der Waals surface area contributed by atoms with E-state index in [1.165, 1.54) is 5.56 Å². The lowest BCUT2D eigenvalue weighted by molar-refractivity contribution is 0.00578. The third-order valence-electron chi connectivity index (χ3n) is 4.67. The van der Waals surface area contributed by atoms with Gasteiger partial charge in [0.2, 0.25) is 0 Å². The number of aliphatic hydroxyl groups is 1. The standard InChI is InChI=1S/C19H27BO3/c1-15(14-21)13-17(12-11-16-9-7-6-8-10-16)20-22-18(2,3)19(4,5)23-20/h6-10,21H,11-12,14H2,1-5H3. The molecule has 0 amide bonds. The molecule has 1 N–H and O–H groups in total. The summed E-state index contributed by atoms with van der Waals surface area (Å²) in [4.78, 5) is 0. The molecule has 0 radical (unpaired) electrons. The fraction of sp³-hybridized carbons (Fsp3) is 0.526. The molecular formula is C19H27BO3. The second-order valence-corrected chi connectivity index (χ2v) is 7.16. The molecule has 1 aromatic rings. The Balaban J connectivity index is 2.22. The predicted molar refractivity (Wildman–Crippen MR) is 94.1 cm³/mol. The van der Waals surface area contributed by atoms with Crippen molar-refractivity contribution < 1.29 is 14.4 Å². The molecule has 1 heterocycles. The molecule has 0 spiro atoms. The van der Waals surface area contributed by atoms with Crippen LogP contribution in [0.5, 0.6) is 0 Å². The molecule has 0 bridgehead atoms. The molecule has 2 rings (SSSR count). The monoisotopic (exact) mass is 314 g/mol. The van der Waals surface area contributed by atoms with E-state index in [-0.39, 0.29) is 17.8 Å². The smallest absolute Gasteiger partial charge is 0.399 e. The first-order valence-corrected chi connectivity index (χ1v) is 8.21. The maximum atomic E-state index is 9.32. The molecule has 0 aliphatic carbocycles. The molecule has 0 aromatic heterocycles. The van der Waals surface area contributed by atoms with E-state index in [0.717, 1.165) is 23.9 Å². The summed E-state index contributed by atoms with van der Waals surface area (Å²) in [7, 11) is -0.412. The lowest BCUT2D eigenvalue weighted by atomic mass is 9.75. The van der Waals surface area contributed by atoms with Crippen LogP contribution < -0.4 is 0 Å². The van der Waals surface area contributed by atoms with Gasteiger partial charge in [-0.25, -0.2) is 0 Å². The largest absolute Gasteiger partial charge is 0.498 e. The van der Waals surface area contributed by atoms with Gasteiger partial charge in [0, 0.05) is 5.47 Å². The Labute approximate surface area is 140 Å². The first-order chi connectivity index (χ1) is 10.7. The molecule has 3 nitrogen and oxygen atoms in total. The van der Waals surface area contributed by atoms with E-state index >= 15 is 0 Å². The molecule has 0 atom stereocenters. The van der Waals surface area contributed by atoms with Crippen molar-refractivity contribution in [3.8, 4) is 0 Å².